The number of hydrogen-bond donors (Lipinski definition) is 1. The largest absolute Gasteiger partial charge is 0.481 e. The highest BCUT2D eigenvalue weighted by molar-refractivity contribution is 7.20. The molecule has 0 aliphatic carbocycles. The summed E-state index contributed by atoms with van der Waals surface area (Å²) >= 11 is 14.3. The maximum atomic E-state index is 11.5. The summed E-state index contributed by atoms with van der Waals surface area (Å²) in [5.41, 5.74) is 0.354. The van der Waals surface area contributed by atoms with Gasteiger partial charge in [-0.25, -0.2) is 0 Å². The lowest BCUT2D eigenvalue weighted by Crippen LogP contribution is -2.36. The molecule has 0 bridgehead atoms. The average molecular weight is 373 g/mol. The molecule has 1 aliphatic heterocycles. The summed E-state index contributed by atoms with van der Waals surface area (Å²) in [4.78, 5) is 12.5. The molecule has 1 aromatic carbocycles. The summed E-state index contributed by atoms with van der Waals surface area (Å²) in [5.74, 6) is -0.844. The van der Waals surface area contributed by atoms with E-state index in [0.717, 1.165) is 39.8 Å². The summed E-state index contributed by atoms with van der Waals surface area (Å²) in [6.07, 6.45) is 3.32. The molecule has 1 atom stereocenters. The molecule has 1 unspecified atom stereocenters. The van der Waals surface area contributed by atoms with Crippen LogP contribution in [0.2, 0.25) is 10.0 Å². The number of carboxylic acids is 1. The number of unbranched alkanes of at least 4 members (excludes halogenated alkanes) is 1. The van der Waals surface area contributed by atoms with Gasteiger partial charge in [0.2, 0.25) is 0 Å². The van der Waals surface area contributed by atoms with Crippen LogP contribution in [0.5, 0.6) is 0 Å². The zero-order chi connectivity index (χ0) is 16.6. The van der Waals surface area contributed by atoms with E-state index < -0.39 is 11.6 Å². The van der Waals surface area contributed by atoms with Crippen molar-refractivity contribution in [2.24, 2.45) is 0 Å². The van der Waals surface area contributed by atoms with E-state index in [-0.39, 0.29) is 6.42 Å². The minimum atomic E-state index is -0.844. The molecule has 0 spiro atoms. The Balaban J connectivity index is 2.22. The lowest BCUT2D eigenvalue weighted by atomic mass is 9.85. The van der Waals surface area contributed by atoms with Gasteiger partial charge in [-0.3, -0.25) is 4.79 Å². The van der Waals surface area contributed by atoms with Crippen LogP contribution in [0.3, 0.4) is 0 Å². The molecule has 23 heavy (non-hydrogen) atoms. The van der Waals surface area contributed by atoms with Gasteiger partial charge in [0.15, 0.2) is 0 Å². The van der Waals surface area contributed by atoms with Crippen molar-refractivity contribution in [1.29, 1.82) is 0 Å². The highest BCUT2D eigenvalue weighted by Crippen LogP contribution is 2.50. The van der Waals surface area contributed by atoms with E-state index in [9.17, 15) is 9.90 Å². The SMILES string of the molecule is CCCCC1(CC(=O)O)OCCc2c1sc1c(Cl)ccc(Cl)c21. The van der Waals surface area contributed by atoms with Crippen LogP contribution < -0.4 is 0 Å². The topological polar surface area (TPSA) is 46.5 Å². The third-order valence-corrected chi connectivity index (χ3v) is 6.55. The van der Waals surface area contributed by atoms with Crippen LogP contribution in [0.15, 0.2) is 12.1 Å². The first-order valence-corrected chi connectivity index (χ1v) is 9.31. The smallest absolute Gasteiger partial charge is 0.306 e. The van der Waals surface area contributed by atoms with Gasteiger partial charge in [0, 0.05) is 15.3 Å². The second kappa shape index (κ2) is 6.60. The van der Waals surface area contributed by atoms with Crippen LogP contribution in [-0.4, -0.2) is 17.7 Å². The first-order valence-electron chi connectivity index (χ1n) is 7.74. The Kier molecular flexibility index (Phi) is 4.88. The number of fused-ring (bicyclic) bond motifs is 3. The molecule has 124 valence electrons. The fraction of sp³-hybridized carbons (Fsp3) is 0.471. The number of hydrogen-bond acceptors (Lipinski definition) is 3. The van der Waals surface area contributed by atoms with E-state index in [4.69, 9.17) is 27.9 Å². The standard InChI is InChI=1S/C17H18Cl2O3S/c1-2-3-7-17(9-13(20)21)16-10(6-8-22-17)14-11(18)4-5-12(19)15(14)23-16/h4-5H,2-3,6-9H2,1H3,(H,20,21). The van der Waals surface area contributed by atoms with Crippen LogP contribution >= 0.6 is 34.5 Å². The molecule has 2 heterocycles. The lowest BCUT2D eigenvalue weighted by molar-refractivity contribution is -0.148. The van der Waals surface area contributed by atoms with E-state index in [1.807, 2.05) is 0 Å². The lowest BCUT2D eigenvalue weighted by Gasteiger charge is -2.36. The van der Waals surface area contributed by atoms with E-state index >= 15 is 0 Å². The Morgan fingerprint density at radius 1 is 1.39 bits per heavy atom. The van der Waals surface area contributed by atoms with Crippen molar-refractivity contribution in [2.45, 2.75) is 44.6 Å². The molecule has 1 aliphatic rings. The number of carbonyl (C=O) groups is 1. The molecule has 0 fully saturated rings. The molecule has 3 rings (SSSR count). The Bertz CT molecular complexity index is 756. The van der Waals surface area contributed by atoms with Gasteiger partial charge >= 0.3 is 5.97 Å². The number of ether oxygens (including phenoxy) is 1. The Labute approximate surface area is 149 Å². The van der Waals surface area contributed by atoms with Crippen molar-refractivity contribution in [3.05, 3.63) is 32.6 Å². The molecule has 1 aromatic heterocycles. The summed E-state index contributed by atoms with van der Waals surface area (Å²) in [7, 11) is 0. The van der Waals surface area contributed by atoms with Crippen molar-refractivity contribution in [1.82, 2.24) is 0 Å². The first kappa shape index (κ1) is 17.0. The van der Waals surface area contributed by atoms with E-state index in [0.29, 0.717) is 23.1 Å². The van der Waals surface area contributed by atoms with Crippen LogP contribution in [0.4, 0.5) is 0 Å². The molecule has 0 saturated carbocycles. The zero-order valence-corrected chi connectivity index (χ0v) is 15.2. The normalized spacial score (nSPS) is 20.7. The molecule has 0 amide bonds. The quantitative estimate of drug-likeness (QED) is 0.738. The van der Waals surface area contributed by atoms with Gasteiger partial charge in [-0.05, 0) is 30.5 Å². The molecule has 6 heteroatoms. The molecular weight excluding hydrogens is 355 g/mol. The average Bonchev–Trinajstić information content (AvgIpc) is 2.91. The minimum Gasteiger partial charge on any atom is -0.481 e. The van der Waals surface area contributed by atoms with E-state index in [1.54, 1.807) is 12.1 Å². The second-order valence-corrected chi connectivity index (χ2v) is 7.74. The number of rotatable bonds is 5. The maximum Gasteiger partial charge on any atom is 0.306 e. The fourth-order valence-corrected chi connectivity index (χ4v) is 5.38. The summed E-state index contributed by atoms with van der Waals surface area (Å²) in [6.45, 7) is 2.61. The van der Waals surface area contributed by atoms with Gasteiger partial charge in [-0.2, -0.15) is 0 Å². The molecule has 3 nitrogen and oxygen atoms in total. The van der Waals surface area contributed by atoms with Gasteiger partial charge in [0.1, 0.15) is 5.60 Å². The second-order valence-electron chi connectivity index (χ2n) is 5.91. The Hall–Kier alpha value is -0.810. The highest BCUT2D eigenvalue weighted by atomic mass is 35.5. The summed E-state index contributed by atoms with van der Waals surface area (Å²) < 4.78 is 6.99. The van der Waals surface area contributed by atoms with Gasteiger partial charge in [-0.1, -0.05) is 43.0 Å². The van der Waals surface area contributed by atoms with Crippen LogP contribution in [-0.2, 0) is 21.6 Å². The number of halogens is 2. The molecule has 0 saturated heterocycles. The van der Waals surface area contributed by atoms with Crippen molar-refractivity contribution in [2.75, 3.05) is 6.61 Å². The zero-order valence-electron chi connectivity index (χ0n) is 12.8. The number of aliphatic carboxylic acids is 1. The van der Waals surface area contributed by atoms with Crippen molar-refractivity contribution >= 4 is 50.6 Å². The van der Waals surface area contributed by atoms with Crippen molar-refractivity contribution < 1.29 is 14.6 Å². The van der Waals surface area contributed by atoms with E-state index in [2.05, 4.69) is 6.92 Å². The Morgan fingerprint density at radius 3 is 2.83 bits per heavy atom. The molecule has 1 N–H and O–H groups in total. The van der Waals surface area contributed by atoms with Crippen LogP contribution in [0.1, 0.15) is 43.0 Å². The monoisotopic (exact) mass is 372 g/mol. The third-order valence-electron chi connectivity index (χ3n) is 4.35. The van der Waals surface area contributed by atoms with Crippen molar-refractivity contribution in [3.8, 4) is 0 Å². The fourth-order valence-electron chi connectivity index (χ4n) is 3.32. The maximum absolute atomic E-state index is 11.5. The molecular formula is C17H18Cl2O3S. The number of carboxylic acid groups (broad SMARTS) is 1. The predicted octanol–water partition coefficient (Wildman–Crippen LogP) is 5.64. The van der Waals surface area contributed by atoms with Gasteiger partial charge < -0.3 is 9.84 Å². The summed E-state index contributed by atoms with van der Waals surface area (Å²) in [6, 6.07) is 3.60. The number of benzene rings is 1. The van der Waals surface area contributed by atoms with Gasteiger partial charge in [-0.15, -0.1) is 11.3 Å². The van der Waals surface area contributed by atoms with Crippen LogP contribution in [0, 0.1) is 0 Å². The summed E-state index contributed by atoms with van der Waals surface area (Å²) in [5, 5.41) is 11.7. The van der Waals surface area contributed by atoms with Gasteiger partial charge in [0.05, 0.1) is 22.8 Å². The number of thiophene rings is 1. The molecule has 0 radical (unpaired) electrons. The predicted molar refractivity (Wildman–Crippen MR) is 95.0 cm³/mol. The van der Waals surface area contributed by atoms with Crippen molar-refractivity contribution in [3.63, 3.8) is 0 Å². The van der Waals surface area contributed by atoms with Crippen LogP contribution in [0.25, 0.3) is 10.1 Å². The van der Waals surface area contributed by atoms with E-state index in [1.165, 1.54) is 11.3 Å². The first-order chi connectivity index (χ1) is 11.0. The van der Waals surface area contributed by atoms with Gasteiger partial charge in [0.25, 0.3) is 0 Å². The highest BCUT2D eigenvalue weighted by Gasteiger charge is 2.42. The molecule has 2 aromatic rings. The minimum absolute atomic E-state index is 0.0257. The Morgan fingerprint density at radius 2 is 2.13 bits per heavy atom. The third kappa shape index (κ3) is 2.98.